The summed E-state index contributed by atoms with van der Waals surface area (Å²) in [4.78, 5) is 23.9. The van der Waals surface area contributed by atoms with E-state index >= 15 is 0 Å². The van der Waals surface area contributed by atoms with E-state index in [1.54, 1.807) is 0 Å². The lowest BCUT2D eigenvalue weighted by Gasteiger charge is -2.35. The number of nitrogens with two attached hydrogens (primary N) is 1. The molecule has 6 heteroatoms. The highest BCUT2D eigenvalue weighted by Crippen LogP contribution is 2.28. The Balaban J connectivity index is 2.24. The standard InChI is InChI=1S/C14H16ClFN2O2/c15-9-4-5-11(16)10(8-9)12(19)18-14(13(17)20)6-2-1-3-7-14/h4-5,8H,1-3,6-7H2,(H2,17,20)(H,18,19). The van der Waals surface area contributed by atoms with E-state index < -0.39 is 23.2 Å². The molecule has 0 heterocycles. The number of carbonyl (C=O) groups is 2. The Hall–Kier alpha value is -1.62. The van der Waals surface area contributed by atoms with Crippen LogP contribution in [-0.2, 0) is 4.79 Å². The lowest BCUT2D eigenvalue weighted by molar-refractivity contribution is -0.125. The number of rotatable bonds is 3. The molecular weight excluding hydrogens is 283 g/mol. The molecule has 2 amide bonds. The molecule has 20 heavy (non-hydrogen) atoms. The van der Waals surface area contributed by atoms with Gasteiger partial charge in [0.25, 0.3) is 5.91 Å². The maximum absolute atomic E-state index is 13.7. The first-order chi connectivity index (χ1) is 9.44. The van der Waals surface area contributed by atoms with Crippen LogP contribution < -0.4 is 11.1 Å². The van der Waals surface area contributed by atoms with E-state index in [1.165, 1.54) is 12.1 Å². The van der Waals surface area contributed by atoms with Crippen molar-refractivity contribution < 1.29 is 14.0 Å². The average molecular weight is 299 g/mol. The van der Waals surface area contributed by atoms with Gasteiger partial charge in [-0.2, -0.15) is 0 Å². The van der Waals surface area contributed by atoms with E-state index in [1.807, 2.05) is 0 Å². The van der Waals surface area contributed by atoms with Gasteiger partial charge < -0.3 is 11.1 Å². The number of benzene rings is 1. The van der Waals surface area contributed by atoms with Crippen molar-refractivity contribution in [3.8, 4) is 0 Å². The third-order valence-electron chi connectivity index (χ3n) is 3.70. The molecular formula is C14H16ClFN2O2. The second-order valence-corrected chi connectivity index (χ2v) is 5.52. The maximum Gasteiger partial charge on any atom is 0.255 e. The van der Waals surface area contributed by atoms with E-state index in [0.717, 1.165) is 25.3 Å². The molecule has 1 aliphatic rings. The van der Waals surface area contributed by atoms with Crippen molar-refractivity contribution in [2.24, 2.45) is 5.73 Å². The zero-order chi connectivity index (χ0) is 14.8. The van der Waals surface area contributed by atoms with E-state index in [-0.39, 0.29) is 10.6 Å². The SMILES string of the molecule is NC(=O)C1(NC(=O)c2cc(Cl)ccc2F)CCCCC1. The lowest BCUT2D eigenvalue weighted by atomic mass is 9.81. The molecule has 1 aliphatic carbocycles. The molecule has 0 spiro atoms. The fourth-order valence-corrected chi connectivity index (χ4v) is 2.72. The van der Waals surface area contributed by atoms with Crippen LogP contribution in [0.25, 0.3) is 0 Å². The second-order valence-electron chi connectivity index (χ2n) is 5.09. The van der Waals surface area contributed by atoms with Gasteiger partial charge in [-0.3, -0.25) is 9.59 Å². The molecule has 3 N–H and O–H groups in total. The van der Waals surface area contributed by atoms with Gasteiger partial charge in [0.1, 0.15) is 11.4 Å². The Morgan fingerprint density at radius 2 is 1.90 bits per heavy atom. The molecule has 0 aliphatic heterocycles. The van der Waals surface area contributed by atoms with E-state index in [2.05, 4.69) is 5.32 Å². The Morgan fingerprint density at radius 3 is 2.50 bits per heavy atom. The highest BCUT2D eigenvalue weighted by atomic mass is 35.5. The van der Waals surface area contributed by atoms with Crippen LogP contribution in [0.1, 0.15) is 42.5 Å². The quantitative estimate of drug-likeness (QED) is 0.899. The third-order valence-corrected chi connectivity index (χ3v) is 3.94. The zero-order valence-electron chi connectivity index (χ0n) is 10.9. The van der Waals surface area contributed by atoms with Gasteiger partial charge in [-0.15, -0.1) is 0 Å². The number of hydrogen-bond donors (Lipinski definition) is 2. The fraction of sp³-hybridized carbons (Fsp3) is 0.429. The van der Waals surface area contributed by atoms with Crippen molar-refractivity contribution in [1.29, 1.82) is 0 Å². The van der Waals surface area contributed by atoms with Gasteiger partial charge in [-0.25, -0.2) is 4.39 Å². The summed E-state index contributed by atoms with van der Waals surface area (Å²) in [5.41, 5.74) is 4.17. The number of amides is 2. The molecule has 0 radical (unpaired) electrons. The number of halogens is 2. The number of nitrogens with one attached hydrogen (secondary N) is 1. The number of primary amides is 1. The van der Waals surface area contributed by atoms with Crippen molar-refractivity contribution in [3.05, 3.63) is 34.6 Å². The smallest absolute Gasteiger partial charge is 0.255 e. The van der Waals surface area contributed by atoms with Crippen molar-refractivity contribution in [2.45, 2.75) is 37.6 Å². The summed E-state index contributed by atoms with van der Waals surface area (Å²) >= 11 is 5.76. The first kappa shape index (κ1) is 14.8. The van der Waals surface area contributed by atoms with Crippen LogP contribution >= 0.6 is 11.6 Å². The molecule has 1 aromatic rings. The topological polar surface area (TPSA) is 72.2 Å². The van der Waals surface area contributed by atoms with Gasteiger partial charge >= 0.3 is 0 Å². The minimum Gasteiger partial charge on any atom is -0.368 e. The van der Waals surface area contributed by atoms with E-state index in [9.17, 15) is 14.0 Å². The fourth-order valence-electron chi connectivity index (χ4n) is 2.54. The maximum atomic E-state index is 13.7. The molecule has 1 fully saturated rings. The van der Waals surface area contributed by atoms with Crippen molar-refractivity contribution in [2.75, 3.05) is 0 Å². The molecule has 108 valence electrons. The van der Waals surface area contributed by atoms with Gasteiger partial charge in [0.05, 0.1) is 5.56 Å². The Morgan fingerprint density at radius 1 is 1.25 bits per heavy atom. The summed E-state index contributed by atoms with van der Waals surface area (Å²) in [6.07, 6.45) is 3.57. The Labute approximate surface area is 121 Å². The molecule has 0 saturated heterocycles. The van der Waals surface area contributed by atoms with Crippen molar-refractivity contribution >= 4 is 23.4 Å². The number of hydrogen-bond acceptors (Lipinski definition) is 2. The van der Waals surface area contributed by atoms with Crippen LogP contribution in [0.4, 0.5) is 4.39 Å². The van der Waals surface area contributed by atoms with Crippen LogP contribution in [0.3, 0.4) is 0 Å². The largest absolute Gasteiger partial charge is 0.368 e. The molecule has 4 nitrogen and oxygen atoms in total. The summed E-state index contributed by atoms with van der Waals surface area (Å²) in [6, 6.07) is 3.72. The van der Waals surface area contributed by atoms with Crippen LogP contribution in [0.5, 0.6) is 0 Å². The van der Waals surface area contributed by atoms with Crippen LogP contribution in [0.2, 0.25) is 5.02 Å². The molecule has 0 aromatic heterocycles. The van der Waals surface area contributed by atoms with Gasteiger partial charge in [0, 0.05) is 5.02 Å². The highest BCUT2D eigenvalue weighted by molar-refractivity contribution is 6.31. The number of carbonyl (C=O) groups excluding carboxylic acids is 2. The first-order valence-electron chi connectivity index (χ1n) is 6.52. The minimum absolute atomic E-state index is 0.177. The normalized spacial score (nSPS) is 17.5. The molecule has 0 unspecified atom stereocenters. The Kier molecular flexibility index (Phi) is 4.28. The van der Waals surface area contributed by atoms with Gasteiger partial charge in [-0.1, -0.05) is 30.9 Å². The predicted octanol–water partition coefficient (Wildman–Crippen LogP) is 2.40. The molecule has 1 saturated carbocycles. The first-order valence-corrected chi connectivity index (χ1v) is 6.90. The van der Waals surface area contributed by atoms with E-state index in [4.69, 9.17) is 17.3 Å². The van der Waals surface area contributed by atoms with Crippen molar-refractivity contribution in [1.82, 2.24) is 5.32 Å². The van der Waals surface area contributed by atoms with Gasteiger partial charge in [0.2, 0.25) is 5.91 Å². The monoisotopic (exact) mass is 298 g/mol. The predicted molar refractivity (Wildman–Crippen MR) is 73.9 cm³/mol. The summed E-state index contributed by atoms with van der Waals surface area (Å²) in [6.45, 7) is 0. The van der Waals surface area contributed by atoms with E-state index in [0.29, 0.717) is 12.8 Å². The molecule has 0 atom stereocenters. The summed E-state index contributed by atoms with van der Waals surface area (Å²) in [5.74, 6) is -1.92. The Bertz CT molecular complexity index is 542. The molecule has 2 rings (SSSR count). The lowest BCUT2D eigenvalue weighted by Crippen LogP contribution is -2.58. The summed E-state index contributed by atoms with van der Waals surface area (Å²) < 4.78 is 13.7. The van der Waals surface area contributed by atoms with Gasteiger partial charge in [-0.05, 0) is 31.0 Å². The average Bonchev–Trinajstić information content (AvgIpc) is 2.42. The summed E-state index contributed by atoms with van der Waals surface area (Å²) in [5, 5.41) is 2.86. The highest BCUT2D eigenvalue weighted by Gasteiger charge is 2.39. The zero-order valence-corrected chi connectivity index (χ0v) is 11.7. The van der Waals surface area contributed by atoms with Crippen LogP contribution in [0, 0.1) is 5.82 Å². The summed E-state index contributed by atoms with van der Waals surface area (Å²) in [7, 11) is 0. The van der Waals surface area contributed by atoms with Crippen molar-refractivity contribution in [3.63, 3.8) is 0 Å². The third kappa shape index (κ3) is 2.93. The molecule has 1 aromatic carbocycles. The second kappa shape index (κ2) is 5.79. The van der Waals surface area contributed by atoms with Gasteiger partial charge in [0.15, 0.2) is 0 Å². The molecule has 0 bridgehead atoms. The minimum atomic E-state index is -1.08. The van der Waals surface area contributed by atoms with Crippen LogP contribution in [-0.4, -0.2) is 17.4 Å². The van der Waals surface area contributed by atoms with Crippen LogP contribution in [0.15, 0.2) is 18.2 Å².